The number of carbonyl (C=O) groups is 4. The van der Waals surface area contributed by atoms with Crippen molar-refractivity contribution in [1.82, 2.24) is 4.90 Å². The van der Waals surface area contributed by atoms with E-state index in [1.54, 1.807) is 25.1 Å². The molecule has 0 saturated heterocycles. The molecule has 0 bridgehead atoms. The van der Waals surface area contributed by atoms with Gasteiger partial charge in [-0.05, 0) is 54.9 Å². The van der Waals surface area contributed by atoms with Gasteiger partial charge in [0.15, 0.2) is 11.4 Å². The van der Waals surface area contributed by atoms with Crippen molar-refractivity contribution in [2.24, 2.45) is 23.3 Å². The molecule has 9 N–H and O–H groups in total. The summed E-state index contributed by atoms with van der Waals surface area (Å²) in [5.74, 6) is -10.3. The molecule has 0 aliphatic heterocycles. The Morgan fingerprint density at radius 2 is 1.56 bits per heavy atom. The first-order valence-corrected chi connectivity index (χ1v) is 12.7. The second kappa shape index (κ2) is 9.26. The molecule has 12 heteroatoms. The van der Waals surface area contributed by atoms with Crippen LogP contribution in [0, 0.1) is 11.8 Å². The van der Waals surface area contributed by atoms with E-state index in [0.29, 0.717) is 16.7 Å². The van der Waals surface area contributed by atoms with Gasteiger partial charge in [-0.3, -0.25) is 24.1 Å². The summed E-state index contributed by atoms with van der Waals surface area (Å²) in [5, 5.41) is 56.8. The first kappa shape index (κ1) is 28.0. The summed E-state index contributed by atoms with van der Waals surface area (Å²) in [4.78, 5) is 52.4. The zero-order valence-electron chi connectivity index (χ0n) is 22.3. The molecular weight excluding hydrogens is 534 g/mol. The van der Waals surface area contributed by atoms with E-state index in [2.05, 4.69) is 0 Å². The Morgan fingerprint density at radius 1 is 0.951 bits per heavy atom. The van der Waals surface area contributed by atoms with Gasteiger partial charge in [-0.25, -0.2) is 0 Å². The number of amides is 2. The zero-order chi connectivity index (χ0) is 30.3. The third kappa shape index (κ3) is 3.64. The molecule has 3 aliphatic carbocycles. The van der Waals surface area contributed by atoms with E-state index in [4.69, 9.17) is 11.5 Å². The molecular formula is C29H29N3O9. The average molecular weight is 564 g/mol. The second-order valence-electron chi connectivity index (χ2n) is 10.9. The number of fused-ring (bicyclic) bond motifs is 3. The normalized spacial score (nSPS) is 29.3. The Morgan fingerprint density at radius 3 is 2.10 bits per heavy atom. The van der Waals surface area contributed by atoms with Crippen LogP contribution in [0.4, 0.5) is 0 Å². The van der Waals surface area contributed by atoms with Gasteiger partial charge in [0.25, 0.3) is 5.91 Å². The third-order valence-corrected chi connectivity index (χ3v) is 8.59. The number of carbonyl (C=O) groups excluding carboxylic acids is 4. The number of phenols is 1. The number of phenolic OH excluding ortho intramolecular Hbond substituents is 1. The number of Topliss-reactive ketones (excluding diaryl/α,β-unsaturated/α-hetero) is 2. The van der Waals surface area contributed by atoms with Gasteiger partial charge >= 0.3 is 0 Å². The van der Waals surface area contributed by atoms with E-state index in [0.717, 1.165) is 0 Å². The molecule has 2 amide bonds. The van der Waals surface area contributed by atoms with Crippen LogP contribution >= 0.6 is 0 Å². The topological polar surface area (TPSA) is 225 Å². The van der Waals surface area contributed by atoms with E-state index < -0.39 is 87.3 Å². The number of primary amides is 2. The van der Waals surface area contributed by atoms with Gasteiger partial charge in [-0.2, -0.15) is 0 Å². The predicted molar refractivity (Wildman–Crippen MR) is 144 cm³/mol. The van der Waals surface area contributed by atoms with Crippen LogP contribution in [0.15, 0.2) is 53.3 Å². The monoisotopic (exact) mass is 563 g/mol. The number of ketones is 2. The Hall–Kier alpha value is -4.52. The molecule has 0 aromatic heterocycles. The van der Waals surface area contributed by atoms with Crippen LogP contribution in [0.2, 0.25) is 0 Å². The SMILES string of the molecule is C[C@H]1c2c(-c3ccc(C(N)=O)cc3)ccc(O)c2C(O)=C2C(=O)[C@]3(O)C(O)=C(C(N)=O)C(=O)[C@@H](N(C)C)[C@@H]3[C@@H](O)[C@@H]21. The largest absolute Gasteiger partial charge is 0.508 e. The molecule has 5 rings (SSSR count). The molecule has 1 saturated carbocycles. The summed E-state index contributed by atoms with van der Waals surface area (Å²) >= 11 is 0. The molecule has 41 heavy (non-hydrogen) atoms. The molecule has 2 aromatic rings. The number of aromatic hydroxyl groups is 1. The standard InChI is InChI=1S/C29H29N3O9/c1-10-15-13(11-4-6-12(7-5-11)27(30)39)8-9-14(33)17(15)22(34)18-16(10)23(35)20-21(32(2)3)24(36)19(28(31)40)26(38)29(20,41)25(18)37/h4-10,16,20-21,23,33-35,38,41H,1-3H3,(H2,30,39)(H2,31,40)/t10-,16+,20+,21-,23-,29-/m0/s1. The van der Waals surface area contributed by atoms with Gasteiger partial charge in [-0.1, -0.05) is 25.1 Å². The quantitative estimate of drug-likeness (QED) is 0.251. The van der Waals surface area contributed by atoms with Crippen LogP contribution in [-0.4, -0.2) is 85.7 Å². The average Bonchev–Trinajstić information content (AvgIpc) is 2.90. The van der Waals surface area contributed by atoms with Crippen molar-refractivity contribution in [2.75, 3.05) is 14.1 Å². The Balaban J connectivity index is 1.79. The fourth-order valence-corrected chi connectivity index (χ4v) is 6.76. The zero-order valence-corrected chi connectivity index (χ0v) is 22.3. The second-order valence-corrected chi connectivity index (χ2v) is 10.9. The number of hydrogen-bond donors (Lipinski definition) is 7. The van der Waals surface area contributed by atoms with Gasteiger partial charge in [0, 0.05) is 17.1 Å². The van der Waals surface area contributed by atoms with E-state index in [9.17, 15) is 44.7 Å². The fourth-order valence-electron chi connectivity index (χ4n) is 6.76. The highest BCUT2D eigenvalue weighted by Crippen LogP contribution is 2.57. The summed E-state index contributed by atoms with van der Waals surface area (Å²) in [6.45, 7) is 1.65. The minimum atomic E-state index is -2.98. The molecule has 2 aromatic carbocycles. The number of rotatable bonds is 4. The van der Waals surface area contributed by atoms with Gasteiger partial charge in [0.1, 0.15) is 22.8 Å². The summed E-state index contributed by atoms with van der Waals surface area (Å²) in [5.41, 5.74) is 7.82. The number of hydrogen-bond acceptors (Lipinski definition) is 10. The lowest BCUT2D eigenvalue weighted by atomic mass is 9.54. The van der Waals surface area contributed by atoms with E-state index in [-0.39, 0.29) is 11.1 Å². The van der Waals surface area contributed by atoms with Gasteiger partial charge < -0.3 is 37.0 Å². The van der Waals surface area contributed by atoms with Gasteiger partial charge in [0.05, 0.1) is 23.6 Å². The molecule has 0 unspecified atom stereocenters. The molecule has 1 fully saturated rings. The molecule has 0 radical (unpaired) electrons. The number of aliphatic hydroxyl groups excluding tert-OH is 3. The van der Waals surface area contributed by atoms with Crippen LogP contribution in [0.25, 0.3) is 16.9 Å². The number of benzene rings is 2. The molecule has 6 atom stereocenters. The number of aliphatic hydroxyl groups is 4. The van der Waals surface area contributed by atoms with Crippen molar-refractivity contribution in [3.63, 3.8) is 0 Å². The first-order valence-electron chi connectivity index (χ1n) is 12.7. The highest BCUT2D eigenvalue weighted by Gasteiger charge is 2.68. The maximum Gasteiger partial charge on any atom is 0.255 e. The molecule has 0 spiro atoms. The third-order valence-electron chi connectivity index (χ3n) is 8.59. The van der Waals surface area contributed by atoms with Crippen molar-refractivity contribution in [1.29, 1.82) is 0 Å². The van der Waals surface area contributed by atoms with E-state index in [1.165, 1.54) is 37.2 Å². The maximum absolute atomic E-state index is 14.1. The number of likely N-dealkylation sites (N-methyl/N-ethyl adjacent to an activating group) is 1. The van der Waals surface area contributed by atoms with Crippen molar-refractivity contribution < 1.29 is 44.7 Å². The highest BCUT2D eigenvalue weighted by atomic mass is 16.4. The lowest BCUT2D eigenvalue weighted by Gasteiger charge is -2.53. The van der Waals surface area contributed by atoms with Crippen LogP contribution < -0.4 is 11.5 Å². The van der Waals surface area contributed by atoms with Crippen LogP contribution in [0.5, 0.6) is 5.75 Å². The lowest BCUT2D eigenvalue weighted by Crippen LogP contribution is -2.70. The summed E-state index contributed by atoms with van der Waals surface area (Å²) < 4.78 is 0. The minimum Gasteiger partial charge on any atom is -0.508 e. The molecule has 214 valence electrons. The Labute approximate surface area is 233 Å². The first-order chi connectivity index (χ1) is 19.2. The lowest BCUT2D eigenvalue weighted by molar-refractivity contribution is -0.169. The molecule has 12 nitrogen and oxygen atoms in total. The molecule has 0 heterocycles. The van der Waals surface area contributed by atoms with E-state index >= 15 is 0 Å². The summed E-state index contributed by atoms with van der Waals surface area (Å²) in [7, 11) is 2.88. The Kier molecular flexibility index (Phi) is 6.33. The predicted octanol–water partition coefficient (Wildman–Crippen LogP) is 0.262. The number of nitrogens with zero attached hydrogens (tertiary/aromatic N) is 1. The number of nitrogens with two attached hydrogens (primary N) is 2. The molecule has 3 aliphatic rings. The Bertz CT molecular complexity index is 1610. The van der Waals surface area contributed by atoms with Crippen LogP contribution in [-0.2, 0) is 14.4 Å². The van der Waals surface area contributed by atoms with Crippen LogP contribution in [0.3, 0.4) is 0 Å². The highest BCUT2D eigenvalue weighted by molar-refractivity contribution is 6.24. The smallest absolute Gasteiger partial charge is 0.255 e. The fraction of sp³-hybridized carbons (Fsp3) is 0.310. The minimum absolute atomic E-state index is 0.127. The van der Waals surface area contributed by atoms with Crippen molar-refractivity contribution in [2.45, 2.75) is 30.6 Å². The van der Waals surface area contributed by atoms with Gasteiger partial charge in [-0.15, -0.1) is 0 Å². The van der Waals surface area contributed by atoms with Crippen molar-refractivity contribution in [3.05, 3.63) is 70.0 Å². The maximum atomic E-state index is 14.1. The van der Waals surface area contributed by atoms with E-state index in [1.807, 2.05) is 0 Å². The van der Waals surface area contributed by atoms with Crippen molar-refractivity contribution in [3.8, 4) is 16.9 Å². The van der Waals surface area contributed by atoms with Crippen LogP contribution in [0.1, 0.15) is 34.3 Å². The van der Waals surface area contributed by atoms with Gasteiger partial charge in [0.2, 0.25) is 11.7 Å². The summed E-state index contributed by atoms with van der Waals surface area (Å²) in [6, 6.07) is 7.68. The summed E-state index contributed by atoms with van der Waals surface area (Å²) in [6.07, 6.45) is -1.71. The van der Waals surface area contributed by atoms with Crippen molar-refractivity contribution >= 4 is 29.1 Å².